The Morgan fingerprint density at radius 3 is 1.94 bits per heavy atom. The van der Waals surface area contributed by atoms with Gasteiger partial charge >= 0.3 is 0 Å². The fourth-order valence-electron chi connectivity index (χ4n) is 2.54. The summed E-state index contributed by atoms with van der Waals surface area (Å²) in [4.78, 5) is 0. The van der Waals surface area contributed by atoms with Gasteiger partial charge in [-0.25, -0.2) is 0 Å². The lowest BCUT2D eigenvalue weighted by Gasteiger charge is -2.29. The Labute approximate surface area is 101 Å². The predicted molar refractivity (Wildman–Crippen MR) is 77.3 cm³/mol. The molecular weight excluding hydrogens is 208 g/mol. The molecule has 0 aliphatic carbocycles. The molecule has 0 fully saturated rings. The minimum atomic E-state index is -1.14. The van der Waals surface area contributed by atoms with Crippen LogP contribution in [0.3, 0.4) is 0 Å². The van der Waals surface area contributed by atoms with Gasteiger partial charge in [-0.1, -0.05) is 80.5 Å². The van der Waals surface area contributed by atoms with Crippen molar-refractivity contribution in [1.29, 1.82) is 0 Å². The van der Waals surface area contributed by atoms with E-state index < -0.39 is 8.07 Å². The molecule has 0 unspecified atom stereocenters. The molecule has 1 heteroatoms. The topological polar surface area (TPSA) is 0 Å². The smallest absolute Gasteiger partial charge is 0.0804 e. The van der Waals surface area contributed by atoms with Crippen LogP contribution < -0.4 is 0 Å². The van der Waals surface area contributed by atoms with E-state index in [0.29, 0.717) is 0 Å². The van der Waals surface area contributed by atoms with Gasteiger partial charge in [-0.05, 0) is 12.5 Å². The summed E-state index contributed by atoms with van der Waals surface area (Å²) in [5.74, 6) is 0. The van der Waals surface area contributed by atoms with E-state index in [2.05, 4.69) is 64.1 Å². The van der Waals surface area contributed by atoms with Crippen LogP contribution >= 0.6 is 0 Å². The first-order valence-corrected chi connectivity index (χ1v) is 9.04. The summed E-state index contributed by atoms with van der Waals surface area (Å²) in [5.41, 5.74) is 1.35. The maximum atomic E-state index is 2.41. The van der Waals surface area contributed by atoms with E-state index in [1.165, 1.54) is 23.7 Å². The third-order valence-corrected chi connectivity index (χ3v) is 9.93. The minimum absolute atomic E-state index is 1.14. The van der Waals surface area contributed by atoms with Crippen LogP contribution in [0.15, 0.2) is 35.5 Å². The molecule has 0 saturated heterocycles. The molecule has 1 rings (SSSR count). The summed E-state index contributed by atoms with van der Waals surface area (Å²) in [5, 5.41) is 1.66. The van der Waals surface area contributed by atoms with E-state index in [1.54, 1.807) is 5.20 Å². The number of allylic oxidation sites excluding steroid dienone is 1. The summed E-state index contributed by atoms with van der Waals surface area (Å²) in [6, 6.07) is 14.8. The zero-order valence-electron chi connectivity index (χ0n) is 11.1. The Morgan fingerprint density at radius 1 is 1.00 bits per heavy atom. The number of benzene rings is 1. The third kappa shape index (κ3) is 2.85. The van der Waals surface area contributed by atoms with Crippen molar-refractivity contribution in [2.75, 3.05) is 0 Å². The largest absolute Gasteiger partial charge is 0.0827 e. The van der Waals surface area contributed by atoms with Gasteiger partial charge in [-0.3, -0.25) is 0 Å². The average Bonchev–Trinajstić information content (AvgIpc) is 2.33. The highest BCUT2D eigenvalue weighted by Gasteiger charge is 2.28. The van der Waals surface area contributed by atoms with E-state index in [0.717, 1.165) is 0 Å². The molecule has 0 aromatic heterocycles. The summed E-state index contributed by atoms with van der Waals surface area (Å²) in [6.07, 6.45) is 2.41. The van der Waals surface area contributed by atoms with Crippen LogP contribution in [0, 0.1) is 0 Å². The number of rotatable bonds is 5. The molecule has 0 saturated carbocycles. The van der Waals surface area contributed by atoms with Gasteiger partial charge in [-0.15, -0.1) is 0 Å². The van der Waals surface area contributed by atoms with Crippen molar-refractivity contribution < 1.29 is 0 Å². The predicted octanol–water partition coefficient (Wildman–Crippen LogP) is 5.14. The summed E-state index contributed by atoms with van der Waals surface area (Å²) in [6.45, 7) is 9.43. The van der Waals surface area contributed by atoms with Crippen LogP contribution in [-0.4, -0.2) is 8.07 Å². The van der Waals surface area contributed by atoms with Crippen LogP contribution in [0.2, 0.25) is 18.1 Å². The van der Waals surface area contributed by atoms with E-state index in [9.17, 15) is 0 Å². The highest BCUT2D eigenvalue weighted by Crippen LogP contribution is 2.29. The lowest BCUT2D eigenvalue weighted by atomic mass is 10.2. The molecule has 0 nitrogen and oxygen atoms in total. The Kier molecular flexibility index (Phi) is 5.00. The standard InChI is InChI=1S/C15H24Si/c1-5-16(6-2,7-3)14(4)13-15-11-9-8-10-12-15/h8-13H,5-7H2,1-4H3/b14-13+. The summed E-state index contributed by atoms with van der Waals surface area (Å²) in [7, 11) is -1.14. The second-order valence-corrected chi connectivity index (χ2v) is 10.0. The number of hydrogen-bond acceptors (Lipinski definition) is 0. The van der Waals surface area contributed by atoms with Gasteiger partial charge in [-0.2, -0.15) is 0 Å². The van der Waals surface area contributed by atoms with E-state index >= 15 is 0 Å². The monoisotopic (exact) mass is 232 g/mol. The molecule has 0 N–H and O–H groups in total. The number of hydrogen-bond donors (Lipinski definition) is 0. The second-order valence-electron chi connectivity index (χ2n) is 4.58. The highest BCUT2D eigenvalue weighted by molar-refractivity contribution is 6.86. The Morgan fingerprint density at radius 2 is 1.50 bits per heavy atom. The molecule has 0 atom stereocenters. The van der Waals surface area contributed by atoms with Crippen LogP contribution in [0.5, 0.6) is 0 Å². The van der Waals surface area contributed by atoms with Crippen LogP contribution in [0.1, 0.15) is 33.3 Å². The van der Waals surface area contributed by atoms with E-state index in [1.807, 2.05) is 0 Å². The zero-order valence-corrected chi connectivity index (χ0v) is 12.1. The fraction of sp³-hybridized carbons (Fsp3) is 0.467. The van der Waals surface area contributed by atoms with Crippen molar-refractivity contribution in [3.05, 3.63) is 41.1 Å². The lowest BCUT2D eigenvalue weighted by molar-refractivity contribution is 1.17. The van der Waals surface area contributed by atoms with Crippen molar-refractivity contribution >= 4 is 14.1 Å². The molecule has 0 aliphatic rings. The molecule has 0 bridgehead atoms. The SMILES string of the molecule is CC[Si](CC)(CC)/C(C)=C/c1ccccc1. The van der Waals surface area contributed by atoms with E-state index in [-0.39, 0.29) is 0 Å². The summed E-state index contributed by atoms with van der Waals surface area (Å²) < 4.78 is 0. The van der Waals surface area contributed by atoms with Crippen molar-refractivity contribution in [1.82, 2.24) is 0 Å². The van der Waals surface area contributed by atoms with Crippen molar-refractivity contribution in [3.8, 4) is 0 Å². The van der Waals surface area contributed by atoms with Gasteiger partial charge in [0.15, 0.2) is 0 Å². The van der Waals surface area contributed by atoms with Gasteiger partial charge in [0.05, 0.1) is 8.07 Å². The molecule has 16 heavy (non-hydrogen) atoms. The highest BCUT2D eigenvalue weighted by atomic mass is 28.3. The Bertz CT molecular complexity index is 325. The molecule has 88 valence electrons. The third-order valence-electron chi connectivity index (χ3n) is 4.05. The summed E-state index contributed by atoms with van der Waals surface area (Å²) >= 11 is 0. The average molecular weight is 232 g/mol. The first-order chi connectivity index (χ1) is 7.68. The Hall–Kier alpha value is -0.823. The molecule has 0 heterocycles. The quantitative estimate of drug-likeness (QED) is 0.617. The van der Waals surface area contributed by atoms with E-state index in [4.69, 9.17) is 0 Å². The van der Waals surface area contributed by atoms with Crippen molar-refractivity contribution in [3.63, 3.8) is 0 Å². The molecule has 0 spiro atoms. The Balaban J connectivity index is 2.99. The molecule has 1 aromatic carbocycles. The second kappa shape index (κ2) is 6.05. The van der Waals surface area contributed by atoms with Crippen LogP contribution in [-0.2, 0) is 0 Å². The van der Waals surface area contributed by atoms with Gasteiger partial charge in [0, 0.05) is 0 Å². The van der Waals surface area contributed by atoms with Gasteiger partial charge in [0.2, 0.25) is 0 Å². The van der Waals surface area contributed by atoms with Gasteiger partial charge < -0.3 is 0 Å². The fourth-order valence-corrected chi connectivity index (χ4v) is 6.18. The first-order valence-electron chi connectivity index (χ1n) is 6.42. The van der Waals surface area contributed by atoms with Crippen LogP contribution in [0.25, 0.3) is 6.08 Å². The zero-order chi connectivity index (χ0) is 12.0. The maximum absolute atomic E-state index is 2.41. The minimum Gasteiger partial charge on any atom is -0.0827 e. The normalized spacial score (nSPS) is 12.9. The first kappa shape index (κ1) is 13.2. The van der Waals surface area contributed by atoms with Crippen molar-refractivity contribution in [2.24, 2.45) is 0 Å². The molecule has 0 aliphatic heterocycles. The lowest BCUT2D eigenvalue weighted by Crippen LogP contribution is -2.33. The van der Waals surface area contributed by atoms with Gasteiger partial charge in [0.1, 0.15) is 0 Å². The molecule has 0 radical (unpaired) electrons. The van der Waals surface area contributed by atoms with Gasteiger partial charge in [0.25, 0.3) is 0 Å². The van der Waals surface area contributed by atoms with Crippen LogP contribution in [0.4, 0.5) is 0 Å². The maximum Gasteiger partial charge on any atom is 0.0804 e. The van der Waals surface area contributed by atoms with Crippen molar-refractivity contribution in [2.45, 2.75) is 45.8 Å². The molecule has 0 amide bonds. The molecule has 1 aromatic rings. The molecular formula is C15H24Si.